The molecular weight excluding hydrogens is 420 g/mol. The van der Waals surface area contributed by atoms with Crippen molar-refractivity contribution in [3.8, 4) is 5.75 Å². The Morgan fingerprint density at radius 3 is 2.18 bits per heavy atom. The molecule has 0 aromatic heterocycles. The minimum Gasteiger partial charge on any atom is -0.427 e. The van der Waals surface area contributed by atoms with E-state index in [9.17, 15) is 19.2 Å². The normalized spacial score (nSPS) is 32.2. The Kier molecular flexibility index (Phi) is 5.38. The lowest BCUT2D eigenvalue weighted by Crippen LogP contribution is -2.57. The number of anilines is 1. The maximum absolute atomic E-state index is 14.0. The summed E-state index contributed by atoms with van der Waals surface area (Å²) in [4.78, 5) is 54.2. The molecule has 3 amide bonds. The minimum atomic E-state index is -0.816. The molecule has 5 aliphatic rings. The van der Waals surface area contributed by atoms with Crippen LogP contribution < -0.4 is 9.64 Å². The third-order valence-corrected chi connectivity index (χ3v) is 7.93. The van der Waals surface area contributed by atoms with Gasteiger partial charge in [0.05, 0.1) is 17.5 Å². The zero-order valence-electron chi connectivity index (χ0n) is 19.0. The maximum Gasteiger partial charge on any atom is 0.308 e. The van der Waals surface area contributed by atoms with E-state index in [-0.39, 0.29) is 36.1 Å². The highest BCUT2D eigenvalue weighted by Gasteiger charge is 2.57. The van der Waals surface area contributed by atoms with Gasteiger partial charge in [0.25, 0.3) is 5.91 Å². The molecule has 4 aliphatic carbocycles. The first kappa shape index (κ1) is 21.9. The van der Waals surface area contributed by atoms with Gasteiger partial charge in [0.1, 0.15) is 11.8 Å². The Hall–Kier alpha value is -2.96. The van der Waals surface area contributed by atoms with E-state index in [4.69, 9.17) is 4.74 Å². The summed E-state index contributed by atoms with van der Waals surface area (Å²) < 4.78 is 5.03. The van der Waals surface area contributed by atoms with Gasteiger partial charge < -0.3 is 9.64 Å². The number of rotatable bonds is 6. The van der Waals surface area contributed by atoms with Gasteiger partial charge in [0, 0.05) is 13.5 Å². The van der Waals surface area contributed by atoms with Crippen LogP contribution in [0.4, 0.5) is 5.69 Å². The molecule has 33 heavy (non-hydrogen) atoms. The van der Waals surface area contributed by atoms with Gasteiger partial charge in [-0.3, -0.25) is 19.2 Å². The molecule has 5 fully saturated rings. The quantitative estimate of drug-likeness (QED) is 0.287. The molecule has 174 valence electrons. The molecule has 1 aromatic carbocycles. The van der Waals surface area contributed by atoms with Crippen LogP contribution in [0.25, 0.3) is 0 Å². The molecule has 0 radical (unpaired) electrons. The summed E-state index contributed by atoms with van der Waals surface area (Å²) in [5.74, 6) is 1.03. The molecule has 7 nitrogen and oxygen atoms in total. The van der Waals surface area contributed by atoms with Gasteiger partial charge in [-0.05, 0) is 80.5 Å². The number of benzene rings is 1. The number of carbonyl (C=O) groups is 4. The molecule has 1 saturated heterocycles. The molecule has 4 bridgehead atoms. The predicted octanol–water partition coefficient (Wildman–Crippen LogP) is 3.47. The highest BCUT2D eigenvalue weighted by atomic mass is 16.5. The Morgan fingerprint density at radius 1 is 1.09 bits per heavy atom. The van der Waals surface area contributed by atoms with Crippen LogP contribution >= 0.6 is 0 Å². The van der Waals surface area contributed by atoms with E-state index < -0.39 is 12.0 Å². The van der Waals surface area contributed by atoms with Crippen LogP contribution in [0.5, 0.6) is 5.75 Å². The molecule has 7 heteroatoms. The molecule has 4 saturated carbocycles. The van der Waals surface area contributed by atoms with Crippen molar-refractivity contribution in [1.82, 2.24) is 4.90 Å². The highest BCUT2D eigenvalue weighted by Crippen LogP contribution is 2.60. The number of carbonyl (C=O) groups excluding carboxylic acids is 4. The number of imide groups is 1. The van der Waals surface area contributed by atoms with Crippen LogP contribution in [0.3, 0.4) is 0 Å². The summed E-state index contributed by atoms with van der Waals surface area (Å²) in [5, 5.41) is 0. The summed E-state index contributed by atoms with van der Waals surface area (Å²) in [6, 6.07) is 5.44. The summed E-state index contributed by atoms with van der Waals surface area (Å²) in [5.41, 5.74) is 0.0180. The van der Waals surface area contributed by atoms with Gasteiger partial charge >= 0.3 is 5.97 Å². The van der Waals surface area contributed by atoms with Crippen molar-refractivity contribution in [3.63, 3.8) is 0 Å². The second kappa shape index (κ2) is 8.12. The van der Waals surface area contributed by atoms with Crippen molar-refractivity contribution in [2.45, 2.75) is 57.9 Å². The van der Waals surface area contributed by atoms with E-state index in [1.165, 1.54) is 26.2 Å². The van der Waals surface area contributed by atoms with Crippen molar-refractivity contribution in [1.29, 1.82) is 0 Å². The van der Waals surface area contributed by atoms with E-state index >= 15 is 0 Å². The molecule has 1 atom stereocenters. The first-order chi connectivity index (χ1) is 15.8. The van der Waals surface area contributed by atoms with Crippen molar-refractivity contribution >= 4 is 29.4 Å². The van der Waals surface area contributed by atoms with Crippen molar-refractivity contribution in [2.24, 2.45) is 23.2 Å². The fraction of sp³-hybridized carbons (Fsp3) is 0.538. The second-order valence-corrected chi connectivity index (χ2v) is 10.3. The average Bonchev–Trinajstić information content (AvgIpc) is 3.04. The fourth-order valence-electron chi connectivity index (χ4n) is 7.13. The number of hydrogen-bond acceptors (Lipinski definition) is 5. The van der Waals surface area contributed by atoms with Crippen LogP contribution in [0.2, 0.25) is 0 Å². The SMILES string of the molecule is C=CCN(C(=O)C12CC3CC(CC(C3)C1)C2)C1CC(=O)N(c2ccc(OC(C)=O)cc2)C1=O. The lowest BCUT2D eigenvalue weighted by molar-refractivity contribution is -0.160. The molecule has 0 spiro atoms. The first-order valence-corrected chi connectivity index (χ1v) is 11.9. The van der Waals surface area contributed by atoms with Gasteiger partial charge in [0.2, 0.25) is 11.8 Å². The predicted molar refractivity (Wildman–Crippen MR) is 121 cm³/mol. The Balaban J connectivity index is 1.38. The number of amides is 3. The zero-order chi connectivity index (χ0) is 23.3. The maximum atomic E-state index is 14.0. The zero-order valence-corrected chi connectivity index (χ0v) is 19.0. The largest absolute Gasteiger partial charge is 0.427 e. The smallest absolute Gasteiger partial charge is 0.308 e. The standard InChI is InChI=1S/C26H30N2O5/c1-3-8-27(25(32)26-13-17-9-18(14-26)11-19(10-17)15-26)22-12-23(30)28(24(22)31)20-4-6-21(7-5-20)33-16(2)29/h3-7,17-19,22H,1,8-15H2,2H3. The topological polar surface area (TPSA) is 84.0 Å². The molecule has 1 aromatic rings. The molecule has 1 heterocycles. The van der Waals surface area contributed by atoms with E-state index in [1.54, 1.807) is 35.2 Å². The number of nitrogens with zero attached hydrogens (tertiary/aromatic N) is 2. The van der Waals surface area contributed by atoms with E-state index in [0.717, 1.165) is 24.2 Å². The van der Waals surface area contributed by atoms with Crippen LogP contribution in [0.1, 0.15) is 51.9 Å². The second-order valence-electron chi connectivity index (χ2n) is 10.3. The minimum absolute atomic E-state index is 0.0275. The average molecular weight is 451 g/mol. The molecule has 1 aliphatic heterocycles. The van der Waals surface area contributed by atoms with Gasteiger partial charge in [-0.2, -0.15) is 0 Å². The lowest BCUT2D eigenvalue weighted by atomic mass is 9.49. The van der Waals surface area contributed by atoms with E-state index in [2.05, 4.69) is 6.58 Å². The first-order valence-electron chi connectivity index (χ1n) is 11.9. The van der Waals surface area contributed by atoms with Crippen molar-refractivity contribution < 1.29 is 23.9 Å². The Bertz CT molecular complexity index is 979. The monoisotopic (exact) mass is 450 g/mol. The van der Waals surface area contributed by atoms with Gasteiger partial charge in [0.15, 0.2) is 0 Å². The summed E-state index contributed by atoms with van der Waals surface area (Å²) in [7, 11) is 0. The Labute approximate surface area is 193 Å². The van der Waals surface area contributed by atoms with Crippen molar-refractivity contribution in [2.75, 3.05) is 11.4 Å². The third kappa shape index (κ3) is 3.77. The number of esters is 1. The molecule has 1 unspecified atom stereocenters. The van der Waals surface area contributed by atoms with Gasteiger partial charge in [-0.25, -0.2) is 4.90 Å². The van der Waals surface area contributed by atoms with E-state index in [1.807, 2.05) is 0 Å². The lowest BCUT2D eigenvalue weighted by Gasteiger charge is -2.56. The fourth-order valence-corrected chi connectivity index (χ4v) is 7.13. The van der Waals surface area contributed by atoms with Crippen LogP contribution in [-0.4, -0.2) is 41.2 Å². The molecular formula is C26H30N2O5. The van der Waals surface area contributed by atoms with Gasteiger partial charge in [-0.15, -0.1) is 6.58 Å². The Morgan fingerprint density at radius 2 is 1.67 bits per heavy atom. The summed E-state index contributed by atoms with van der Waals surface area (Å²) >= 11 is 0. The van der Waals surface area contributed by atoms with Crippen LogP contribution in [0.15, 0.2) is 36.9 Å². The number of hydrogen-bond donors (Lipinski definition) is 0. The molecule has 0 N–H and O–H groups in total. The third-order valence-electron chi connectivity index (χ3n) is 7.93. The van der Waals surface area contributed by atoms with Crippen LogP contribution in [0, 0.1) is 23.2 Å². The van der Waals surface area contributed by atoms with Crippen LogP contribution in [-0.2, 0) is 19.2 Å². The highest BCUT2D eigenvalue weighted by molar-refractivity contribution is 6.23. The summed E-state index contributed by atoms with van der Waals surface area (Å²) in [6.07, 6.45) is 8.01. The molecule has 6 rings (SSSR count). The van der Waals surface area contributed by atoms with Gasteiger partial charge in [-0.1, -0.05) is 6.08 Å². The van der Waals surface area contributed by atoms with Crippen molar-refractivity contribution in [3.05, 3.63) is 36.9 Å². The number of ether oxygens (including phenoxy) is 1. The summed E-state index contributed by atoms with van der Waals surface area (Å²) in [6.45, 7) is 5.37. The van der Waals surface area contributed by atoms with E-state index in [0.29, 0.717) is 29.2 Å².